The largest absolute Gasteiger partial charge is 0.314 e. The van der Waals surface area contributed by atoms with Crippen LogP contribution >= 0.6 is 11.8 Å². The molecule has 2 atom stereocenters. The van der Waals surface area contributed by atoms with Crippen molar-refractivity contribution in [2.75, 3.05) is 45.8 Å². The molecule has 2 rings (SSSR count). The van der Waals surface area contributed by atoms with Crippen molar-refractivity contribution < 1.29 is 0 Å². The van der Waals surface area contributed by atoms with Crippen LogP contribution in [-0.4, -0.2) is 71.7 Å². The summed E-state index contributed by atoms with van der Waals surface area (Å²) < 4.78 is 0. The molecule has 3 nitrogen and oxygen atoms in total. The first-order valence-corrected chi connectivity index (χ1v) is 8.25. The quantitative estimate of drug-likeness (QED) is 0.838. The highest BCUT2D eigenvalue weighted by Crippen LogP contribution is 2.27. The first-order valence-electron chi connectivity index (χ1n) is 7.31. The van der Waals surface area contributed by atoms with Gasteiger partial charge in [0, 0.05) is 61.9 Å². The highest BCUT2D eigenvalue weighted by atomic mass is 32.2. The van der Waals surface area contributed by atoms with Crippen LogP contribution in [0.3, 0.4) is 0 Å². The molecule has 2 unspecified atom stereocenters. The summed E-state index contributed by atoms with van der Waals surface area (Å²) in [5.41, 5.74) is 0.309. The molecule has 0 amide bonds. The first kappa shape index (κ1) is 14.6. The van der Waals surface area contributed by atoms with Gasteiger partial charge in [-0.2, -0.15) is 11.8 Å². The molecule has 2 saturated heterocycles. The number of piperazine rings is 1. The SMILES string of the molecule is CC1CN(CC(C)(C)N2CCNCC2)CC(C)S1. The molecular formula is C14H29N3S. The van der Waals surface area contributed by atoms with Gasteiger partial charge in [0.15, 0.2) is 0 Å². The van der Waals surface area contributed by atoms with Crippen molar-refractivity contribution in [1.29, 1.82) is 0 Å². The fourth-order valence-corrected chi connectivity index (χ4v) is 4.72. The van der Waals surface area contributed by atoms with Crippen LogP contribution in [0.15, 0.2) is 0 Å². The molecule has 0 aromatic heterocycles. The molecule has 0 aromatic rings. The Morgan fingerprint density at radius 1 is 1.11 bits per heavy atom. The third kappa shape index (κ3) is 3.86. The third-order valence-electron chi connectivity index (χ3n) is 4.08. The zero-order valence-electron chi connectivity index (χ0n) is 12.4. The van der Waals surface area contributed by atoms with Crippen molar-refractivity contribution in [2.45, 2.75) is 43.7 Å². The summed E-state index contributed by atoms with van der Waals surface area (Å²) in [5, 5.41) is 5.02. The van der Waals surface area contributed by atoms with Crippen molar-refractivity contribution in [3.8, 4) is 0 Å². The monoisotopic (exact) mass is 271 g/mol. The molecule has 0 radical (unpaired) electrons. The number of rotatable bonds is 3. The molecule has 0 spiro atoms. The molecule has 4 heteroatoms. The molecule has 18 heavy (non-hydrogen) atoms. The van der Waals surface area contributed by atoms with Crippen molar-refractivity contribution in [2.24, 2.45) is 0 Å². The number of hydrogen-bond acceptors (Lipinski definition) is 4. The van der Waals surface area contributed by atoms with Gasteiger partial charge in [0.05, 0.1) is 0 Å². The van der Waals surface area contributed by atoms with E-state index >= 15 is 0 Å². The maximum atomic E-state index is 3.45. The summed E-state index contributed by atoms with van der Waals surface area (Å²) in [4.78, 5) is 5.33. The lowest BCUT2D eigenvalue weighted by atomic mass is 10.0. The predicted octanol–water partition coefficient (Wildman–Crippen LogP) is 1.50. The van der Waals surface area contributed by atoms with E-state index in [9.17, 15) is 0 Å². The van der Waals surface area contributed by atoms with Gasteiger partial charge in [0.2, 0.25) is 0 Å². The minimum atomic E-state index is 0.309. The maximum absolute atomic E-state index is 3.45. The average molecular weight is 271 g/mol. The van der Waals surface area contributed by atoms with E-state index in [0.717, 1.165) is 23.6 Å². The zero-order chi connectivity index (χ0) is 13.2. The Balaban J connectivity index is 1.89. The van der Waals surface area contributed by atoms with Crippen LogP contribution < -0.4 is 5.32 Å². The molecule has 0 aliphatic carbocycles. The van der Waals surface area contributed by atoms with Gasteiger partial charge in [0.25, 0.3) is 0 Å². The summed E-state index contributed by atoms with van der Waals surface area (Å²) in [6, 6.07) is 0. The minimum Gasteiger partial charge on any atom is -0.314 e. The van der Waals surface area contributed by atoms with Gasteiger partial charge in [-0.1, -0.05) is 13.8 Å². The van der Waals surface area contributed by atoms with Crippen LogP contribution in [-0.2, 0) is 0 Å². The van der Waals surface area contributed by atoms with Gasteiger partial charge in [0.1, 0.15) is 0 Å². The van der Waals surface area contributed by atoms with Crippen LogP contribution in [0.1, 0.15) is 27.7 Å². The normalized spacial score (nSPS) is 32.7. The van der Waals surface area contributed by atoms with Gasteiger partial charge < -0.3 is 5.32 Å². The summed E-state index contributed by atoms with van der Waals surface area (Å²) in [7, 11) is 0. The lowest BCUT2D eigenvalue weighted by molar-refractivity contribution is 0.0626. The summed E-state index contributed by atoms with van der Waals surface area (Å²) in [5.74, 6) is 0. The highest BCUT2D eigenvalue weighted by Gasteiger charge is 2.32. The van der Waals surface area contributed by atoms with E-state index in [-0.39, 0.29) is 0 Å². The molecule has 106 valence electrons. The first-order chi connectivity index (χ1) is 8.47. The van der Waals surface area contributed by atoms with Crippen LogP contribution in [0.2, 0.25) is 0 Å². The molecule has 0 saturated carbocycles. The highest BCUT2D eigenvalue weighted by molar-refractivity contribution is 8.00. The minimum absolute atomic E-state index is 0.309. The van der Waals surface area contributed by atoms with Crippen LogP contribution in [0.25, 0.3) is 0 Å². The Morgan fingerprint density at radius 2 is 1.67 bits per heavy atom. The summed E-state index contributed by atoms with van der Waals surface area (Å²) >= 11 is 2.14. The molecule has 2 fully saturated rings. The Bertz CT molecular complexity index is 254. The van der Waals surface area contributed by atoms with E-state index in [4.69, 9.17) is 0 Å². The van der Waals surface area contributed by atoms with E-state index in [1.807, 2.05) is 0 Å². The topological polar surface area (TPSA) is 18.5 Å². The van der Waals surface area contributed by atoms with Gasteiger partial charge >= 0.3 is 0 Å². The second kappa shape index (κ2) is 6.12. The lowest BCUT2D eigenvalue weighted by Crippen LogP contribution is -2.59. The Kier molecular flexibility index (Phi) is 4.98. The number of nitrogens with zero attached hydrogens (tertiary/aromatic N) is 2. The zero-order valence-corrected chi connectivity index (χ0v) is 13.2. The predicted molar refractivity (Wildman–Crippen MR) is 81.5 cm³/mol. The van der Waals surface area contributed by atoms with Crippen molar-refractivity contribution in [3.63, 3.8) is 0 Å². The van der Waals surface area contributed by atoms with E-state index in [1.54, 1.807) is 0 Å². The molecular weight excluding hydrogens is 242 g/mol. The maximum Gasteiger partial charge on any atom is 0.0281 e. The van der Waals surface area contributed by atoms with Crippen molar-refractivity contribution >= 4 is 11.8 Å². The Hall–Kier alpha value is 0.230. The molecule has 0 bridgehead atoms. The average Bonchev–Trinajstić information content (AvgIpc) is 2.28. The standard InChI is InChI=1S/C14H29N3S/c1-12-9-16(10-13(2)18-12)11-14(3,4)17-7-5-15-6-8-17/h12-13,15H,5-11H2,1-4H3. The van der Waals surface area contributed by atoms with Crippen LogP contribution in [0.5, 0.6) is 0 Å². The van der Waals surface area contributed by atoms with E-state index in [0.29, 0.717) is 5.54 Å². The molecule has 2 aliphatic heterocycles. The molecule has 2 aliphatic rings. The molecule has 0 aromatic carbocycles. The third-order valence-corrected chi connectivity index (χ3v) is 5.31. The van der Waals surface area contributed by atoms with Crippen molar-refractivity contribution in [3.05, 3.63) is 0 Å². The van der Waals surface area contributed by atoms with E-state index in [2.05, 4.69) is 54.6 Å². The second-order valence-corrected chi connectivity index (χ2v) is 8.38. The van der Waals surface area contributed by atoms with Gasteiger partial charge in [-0.3, -0.25) is 9.80 Å². The van der Waals surface area contributed by atoms with E-state index in [1.165, 1.54) is 32.7 Å². The Morgan fingerprint density at radius 3 is 2.22 bits per heavy atom. The van der Waals surface area contributed by atoms with Crippen LogP contribution in [0.4, 0.5) is 0 Å². The summed E-state index contributed by atoms with van der Waals surface area (Å²) in [6.45, 7) is 18.0. The van der Waals surface area contributed by atoms with Gasteiger partial charge in [-0.25, -0.2) is 0 Å². The lowest BCUT2D eigenvalue weighted by Gasteiger charge is -2.46. The van der Waals surface area contributed by atoms with Gasteiger partial charge in [-0.15, -0.1) is 0 Å². The van der Waals surface area contributed by atoms with Crippen LogP contribution in [0, 0.1) is 0 Å². The summed E-state index contributed by atoms with van der Waals surface area (Å²) in [6.07, 6.45) is 0. The Labute approximate surface area is 117 Å². The van der Waals surface area contributed by atoms with Crippen molar-refractivity contribution in [1.82, 2.24) is 15.1 Å². The van der Waals surface area contributed by atoms with E-state index < -0.39 is 0 Å². The number of nitrogens with one attached hydrogen (secondary N) is 1. The second-order valence-electron chi connectivity index (χ2n) is 6.50. The smallest absolute Gasteiger partial charge is 0.0281 e. The van der Waals surface area contributed by atoms with Gasteiger partial charge in [-0.05, 0) is 13.8 Å². The molecule has 2 heterocycles. The fraction of sp³-hybridized carbons (Fsp3) is 1.00. The molecule has 1 N–H and O–H groups in total. The number of hydrogen-bond donors (Lipinski definition) is 1. The number of thioether (sulfide) groups is 1. The fourth-order valence-electron chi connectivity index (χ4n) is 3.33.